The number of rotatable bonds is 9. The number of benzene rings is 2. The first-order valence-corrected chi connectivity index (χ1v) is 10.6. The topological polar surface area (TPSA) is 84.5 Å². The van der Waals surface area contributed by atoms with E-state index in [0.29, 0.717) is 23.8 Å². The average Bonchev–Trinajstić information content (AvgIpc) is 2.66. The van der Waals surface area contributed by atoms with Gasteiger partial charge in [0.1, 0.15) is 12.3 Å². The quantitative estimate of drug-likeness (QED) is 0.617. The van der Waals surface area contributed by atoms with Crippen LogP contribution in [0.2, 0.25) is 0 Å². The van der Waals surface area contributed by atoms with E-state index in [1.807, 2.05) is 13.8 Å². The SMILES string of the molecule is CC(C)COc1ccc(S(=O)(=O)Nc2ccc(CC(=O)NCC(F)(F)F)cc2)cc1. The smallest absolute Gasteiger partial charge is 0.405 e. The minimum Gasteiger partial charge on any atom is -0.493 e. The van der Waals surface area contributed by atoms with Crippen molar-refractivity contribution in [2.45, 2.75) is 31.3 Å². The van der Waals surface area contributed by atoms with Gasteiger partial charge in [0.05, 0.1) is 17.9 Å². The van der Waals surface area contributed by atoms with Crippen LogP contribution >= 0.6 is 0 Å². The van der Waals surface area contributed by atoms with Crippen LogP contribution in [-0.4, -0.2) is 33.7 Å². The van der Waals surface area contributed by atoms with E-state index in [4.69, 9.17) is 4.74 Å². The molecule has 10 heteroatoms. The maximum Gasteiger partial charge on any atom is 0.405 e. The molecule has 2 N–H and O–H groups in total. The first-order valence-electron chi connectivity index (χ1n) is 9.13. The highest BCUT2D eigenvalue weighted by Crippen LogP contribution is 2.20. The molecule has 2 rings (SSSR count). The molecule has 1 amide bonds. The number of alkyl halides is 3. The molecule has 0 aliphatic carbocycles. The normalized spacial score (nSPS) is 11.9. The van der Waals surface area contributed by atoms with Crippen molar-refractivity contribution in [2.75, 3.05) is 17.9 Å². The van der Waals surface area contributed by atoms with Gasteiger partial charge in [0.15, 0.2) is 0 Å². The molecule has 0 aliphatic rings. The number of halogens is 3. The van der Waals surface area contributed by atoms with Crippen molar-refractivity contribution in [1.82, 2.24) is 5.32 Å². The van der Waals surface area contributed by atoms with Crippen LogP contribution in [0.4, 0.5) is 18.9 Å². The number of nitrogens with one attached hydrogen (secondary N) is 2. The fraction of sp³-hybridized carbons (Fsp3) is 0.350. The second kappa shape index (κ2) is 9.84. The third-order valence-electron chi connectivity index (χ3n) is 3.77. The summed E-state index contributed by atoms with van der Waals surface area (Å²) in [5, 5.41) is 1.78. The summed E-state index contributed by atoms with van der Waals surface area (Å²) < 4.78 is 69.3. The molecule has 0 saturated heterocycles. The summed E-state index contributed by atoms with van der Waals surface area (Å²) in [4.78, 5) is 11.6. The molecule has 0 bridgehead atoms. The van der Waals surface area contributed by atoms with E-state index in [9.17, 15) is 26.4 Å². The number of anilines is 1. The minimum atomic E-state index is -4.48. The molecule has 0 spiro atoms. The van der Waals surface area contributed by atoms with E-state index in [0.717, 1.165) is 0 Å². The van der Waals surface area contributed by atoms with E-state index in [1.165, 1.54) is 36.4 Å². The van der Waals surface area contributed by atoms with Crippen LogP contribution in [0.3, 0.4) is 0 Å². The summed E-state index contributed by atoms with van der Waals surface area (Å²) in [6, 6.07) is 11.8. The molecular weight excluding hydrogens is 421 g/mol. The standard InChI is InChI=1S/C20H23F3N2O4S/c1-14(2)12-29-17-7-9-18(10-8-17)30(27,28)25-16-5-3-15(4-6-16)11-19(26)24-13-20(21,22)23/h3-10,14,25H,11-13H2,1-2H3,(H,24,26). The van der Waals surface area contributed by atoms with Crippen LogP contribution in [0, 0.1) is 5.92 Å². The Morgan fingerprint density at radius 1 is 1.03 bits per heavy atom. The Hall–Kier alpha value is -2.75. The average molecular weight is 444 g/mol. The van der Waals surface area contributed by atoms with Crippen molar-refractivity contribution in [3.8, 4) is 5.75 Å². The van der Waals surface area contributed by atoms with Crippen molar-refractivity contribution in [1.29, 1.82) is 0 Å². The Morgan fingerprint density at radius 2 is 1.63 bits per heavy atom. The first-order chi connectivity index (χ1) is 13.9. The second-order valence-corrected chi connectivity index (χ2v) is 8.73. The third-order valence-corrected chi connectivity index (χ3v) is 5.17. The molecule has 0 radical (unpaired) electrons. The van der Waals surface area contributed by atoms with Crippen LogP contribution in [0.5, 0.6) is 5.75 Å². The van der Waals surface area contributed by atoms with Crippen molar-refractivity contribution >= 4 is 21.6 Å². The van der Waals surface area contributed by atoms with Gasteiger partial charge in [-0.15, -0.1) is 0 Å². The van der Waals surface area contributed by atoms with Gasteiger partial charge in [-0.2, -0.15) is 13.2 Å². The Labute approximate surface area is 173 Å². The summed E-state index contributed by atoms with van der Waals surface area (Å²) in [5.74, 6) is 0.130. The fourth-order valence-corrected chi connectivity index (χ4v) is 3.39. The summed E-state index contributed by atoms with van der Waals surface area (Å²) >= 11 is 0. The molecule has 2 aromatic carbocycles. The van der Waals surface area contributed by atoms with Gasteiger partial charge >= 0.3 is 6.18 Å². The Balaban J connectivity index is 1.96. The molecule has 6 nitrogen and oxygen atoms in total. The van der Waals surface area contributed by atoms with Gasteiger partial charge in [0.25, 0.3) is 10.0 Å². The molecule has 164 valence electrons. The molecule has 0 fully saturated rings. The number of hydrogen-bond acceptors (Lipinski definition) is 4. The number of ether oxygens (including phenoxy) is 1. The lowest BCUT2D eigenvalue weighted by Crippen LogP contribution is -2.34. The minimum absolute atomic E-state index is 0.0509. The molecular formula is C20H23F3N2O4S. The molecule has 0 atom stereocenters. The van der Waals surface area contributed by atoms with E-state index in [1.54, 1.807) is 17.4 Å². The lowest BCUT2D eigenvalue weighted by atomic mass is 10.1. The number of hydrogen-bond donors (Lipinski definition) is 2. The number of sulfonamides is 1. The van der Waals surface area contributed by atoms with Gasteiger partial charge in [-0.3, -0.25) is 9.52 Å². The third kappa shape index (κ3) is 7.94. The molecule has 0 heterocycles. The van der Waals surface area contributed by atoms with Crippen LogP contribution in [-0.2, 0) is 21.2 Å². The Bertz CT molecular complexity index is 942. The van der Waals surface area contributed by atoms with Crippen LogP contribution in [0.1, 0.15) is 19.4 Å². The van der Waals surface area contributed by atoms with Crippen LogP contribution in [0.25, 0.3) is 0 Å². The lowest BCUT2D eigenvalue weighted by molar-refractivity contribution is -0.138. The molecule has 0 aromatic heterocycles. The number of amides is 1. The summed E-state index contributed by atoms with van der Waals surface area (Å²) in [7, 11) is -3.83. The highest BCUT2D eigenvalue weighted by atomic mass is 32.2. The predicted molar refractivity (Wildman–Crippen MR) is 107 cm³/mol. The maximum atomic E-state index is 12.5. The second-order valence-electron chi connectivity index (χ2n) is 7.05. The van der Waals surface area contributed by atoms with E-state index >= 15 is 0 Å². The van der Waals surface area contributed by atoms with Crippen molar-refractivity contribution in [3.63, 3.8) is 0 Å². The lowest BCUT2D eigenvalue weighted by Gasteiger charge is -2.11. The van der Waals surface area contributed by atoms with Crippen molar-refractivity contribution in [3.05, 3.63) is 54.1 Å². The molecule has 30 heavy (non-hydrogen) atoms. The van der Waals surface area contributed by atoms with Gasteiger partial charge in [-0.1, -0.05) is 26.0 Å². The number of carbonyl (C=O) groups is 1. The van der Waals surface area contributed by atoms with Gasteiger partial charge < -0.3 is 10.1 Å². The zero-order valence-corrected chi connectivity index (χ0v) is 17.3. The first kappa shape index (κ1) is 23.5. The van der Waals surface area contributed by atoms with Gasteiger partial charge in [-0.25, -0.2) is 8.42 Å². The molecule has 0 saturated carbocycles. The zero-order valence-electron chi connectivity index (χ0n) is 16.5. The number of carbonyl (C=O) groups excluding carboxylic acids is 1. The summed E-state index contributed by atoms with van der Waals surface area (Å²) in [5.41, 5.74) is 0.707. The van der Waals surface area contributed by atoms with Gasteiger partial charge in [0.2, 0.25) is 5.91 Å². The highest BCUT2D eigenvalue weighted by molar-refractivity contribution is 7.92. The van der Waals surface area contributed by atoms with Crippen LogP contribution < -0.4 is 14.8 Å². The van der Waals surface area contributed by atoms with E-state index in [-0.39, 0.29) is 17.0 Å². The molecule has 2 aromatic rings. The van der Waals surface area contributed by atoms with Crippen LogP contribution in [0.15, 0.2) is 53.4 Å². The molecule has 0 unspecified atom stereocenters. The monoisotopic (exact) mass is 444 g/mol. The van der Waals surface area contributed by atoms with Gasteiger partial charge in [0, 0.05) is 5.69 Å². The summed E-state index contributed by atoms with van der Waals surface area (Å²) in [6.45, 7) is 3.13. The Kier molecular flexibility index (Phi) is 7.71. The van der Waals surface area contributed by atoms with Crippen molar-refractivity contribution in [2.24, 2.45) is 5.92 Å². The van der Waals surface area contributed by atoms with E-state index in [2.05, 4.69) is 4.72 Å². The Morgan fingerprint density at radius 3 is 2.17 bits per heavy atom. The summed E-state index contributed by atoms with van der Waals surface area (Å²) in [6.07, 6.45) is -4.72. The maximum absolute atomic E-state index is 12.5. The van der Waals surface area contributed by atoms with Gasteiger partial charge in [-0.05, 0) is 47.9 Å². The predicted octanol–water partition coefficient (Wildman–Crippen LogP) is 3.74. The van der Waals surface area contributed by atoms with Crippen molar-refractivity contribution < 1.29 is 31.1 Å². The van der Waals surface area contributed by atoms with E-state index < -0.39 is 28.7 Å². The highest BCUT2D eigenvalue weighted by Gasteiger charge is 2.27. The fourth-order valence-electron chi connectivity index (χ4n) is 2.33. The molecule has 0 aliphatic heterocycles. The zero-order chi connectivity index (χ0) is 22.4. The largest absolute Gasteiger partial charge is 0.493 e.